The molecule has 1 aliphatic rings. The first kappa shape index (κ1) is 24.3. The lowest BCUT2D eigenvalue weighted by molar-refractivity contribution is -0.141. The summed E-state index contributed by atoms with van der Waals surface area (Å²) in [6.07, 6.45) is 6.76. The zero-order valence-electron chi connectivity index (χ0n) is 19.0. The smallest absolute Gasteiger partial charge is 0.306 e. The molecule has 0 bridgehead atoms. The molecule has 2 N–H and O–H groups in total. The van der Waals surface area contributed by atoms with Crippen LogP contribution in [0.2, 0.25) is 0 Å². The predicted molar refractivity (Wildman–Crippen MR) is 134 cm³/mol. The van der Waals surface area contributed by atoms with Crippen molar-refractivity contribution in [3.05, 3.63) is 42.5 Å². The molecule has 1 amide bonds. The number of aliphatic carboxylic acids is 1. The molecule has 9 heteroatoms. The van der Waals surface area contributed by atoms with Gasteiger partial charge in [-0.25, -0.2) is 13.4 Å². The van der Waals surface area contributed by atoms with Crippen molar-refractivity contribution in [3.8, 4) is 11.1 Å². The van der Waals surface area contributed by atoms with Crippen molar-refractivity contribution in [2.75, 3.05) is 11.6 Å². The molecule has 1 aromatic heterocycles. The Kier molecular flexibility index (Phi) is 7.33. The number of aromatic nitrogens is 1. The second kappa shape index (κ2) is 10.2. The van der Waals surface area contributed by atoms with Gasteiger partial charge in [0.05, 0.1) is 21.0 Å². The average Bonchev–Trinajstić information content (AvgIpc) is 3.42. The molecule has 2 unspecified atom stereocenters. The van der Waals surface area contributed by atoms with Crippen molar-refractivity contribution >= 4 is 48.4 Å². The van der Waals surface area contributed by atoms with E-state index in [9.17, 15) is 18.0 Å². The number of carbonyl (C=O) groups excluding carboxylic acids is 1. The number of unbranched alkanes of at least 4 members (excludes halogenated alkanes) is 1. The summed E-state index contributed by atoms with van der Waals surface area (Å²) in [6.45, 7) is 0. The lowest BCUT2D eigenvalue weighted by Gasteiger charge is -2.08. The first-order chi connectivity index (χ1) is 16.2. The largest absolute Gasteiger partial charge is 0.481 e. The van der Waals surface area contributed by atoms with E-state index >= 15 is 0 Å². The number of carboxylic acids is 1. The van der Waals surface area contributed by atoms with Crippen LogP contribution in [-0.4, -0.2) is 36.6 Å². The molecule has 3 aromatic rings. The molecule has 34 heavy (non-hydrogen) atoms. The topological polar surface area (TPSA) is 113 Å². The molecule has 180 valence electrons. The molecule has 0 saturated heterocycles. The van der Waals surface area contributed by atoms with E-state index in [2.05, 4.69) is 10.3 Å². The van der Waals surface area contributed by atoms with Crippen LogP contribution in [0.5, 0.6) is 0 Å². The van der Waals surface area contributed by atoms with Gasteiger partial charge >= 0.3 is 5.97 Å². The minimum atomic E-state index is -3.29. The number of hydrogen-bond acceptors (Lipinski definition) is 6. The second-order valence-corrected chi connectivity index (χ2v) is 12.1. The number of amides is 1. The Hall–Kier alpha value is -2.78. The van der Waals surface area contributed by atoms with Crippen LogP contribution in [0.1, 0.15) is 44.9 Å². The van der Waals surface area contributed by atoms with Crippen molar-refractivity contribution in [2.24, 2.45) is 11.8 Å². The third-order valence-electron chi connectivity index (χ3n) is 6.39. The van der Waals surface area contributed by atoms with Gasteiger partial charge in [-0.2, -0.15) is 0 Å². The summed E-state index contributed by atoms with van der Waals surface area (Å²) in [5.41, 5.74) is 2.47. The van der Waals surface area contributed by atoms with Crippen molar-refractivity contribution < 1.29 is 23.1 Å². The van der Waals surface area contributed by atoms with E-state index in [1.165, 1.54) is 17.6 Å². The lowest BCUT2D eigenvalue weighted by atomic mass is 9.98. The van der Waals surface area contributed by atoms with E-state index in [-0.39, 0.29) is 16.7 Å². The molecule has 4 rings (SSSR count). The molecule has 1 fully saturated rings. The number of anilines is 1. The molecule has 2 aromatic carbocycles. The van der Waals surface area contributed by atoms with Crippen LogP contribution in [0.25, 0.3) is 21.3 Å². The molecule has 1 heterocycles. The van der Waals surface area contributed by atoms with Gasteiger partial charge in [-0.05, 0) is 67.0 Å². The fourth-order valence-corrected chi connectivity index (χ4v) is 6.11. The molecule has 1 saturated carbocycles. The normalized spacial score (nSPS) is 18.3. The summed E-state index contributed by atoms with van der Waals surface area (Å²) in [6, 6.07) is 12.6. The third-order valence-corrected chi connectivity index (χ3v) is 8.43. The molecule has 2 atom stereocenters. The van der Waals surface area contributed by atoms with Gasteiger partial charge < -0.3 is 10.4 Å². The van der Waals surface area contributed by atoms with Crippen LogP contribution in [0, 0.1) is 11.8 Å². The number of hydrogen-bond donors (Lipinski definition) is 2. The minimum absolute atomic E-state index is 0.0741. The van der Waals surface area contributed by atoms with Gasteiger partial charge in [-0.1, -0.05) is 42.4 Å². The maximum Gasteiger partial charge on any atom is 0.306 e. The number of fused-ring (bicyclic) bond motifs is 1. The number of carbonyl (C=O) groups is 2. The van der Waals surface area contributed by atoms with E-state index in [4.69, 9.17) is 5.11 Å². The summed E-state index contributed by atoms with van der Waals surface area (Å²) in [4.78, 5) is 28.2. The Morgan fingerprint density at radius 1 is 1.12 bits per heavy atom. The molecule has 1 aliphatic carbocycles. The first-order valence-corrected chi connectivity index (χ1v) is 14.1. The number of nitrogens with zero attached hydrogens (tertiary/aromatic N) is 1. The van der Waals surface area contributed by atoms with E-state index in [1.807, 2.05) is 24.3 Å². The Labute approximate surface area is 203 Å². The number of nitrogens with one attached hydrogen (secondary N) is 1. The van der Waals surface area contributed by atoms with Gasteiger partial charge in [0.15, 0.2) is 15.0 Å². The van der Waals surface area contributed by atoms with Crippen LogP contribution >= 0.6 is 11.3 Å². The summed E-state index contributed by atoms with van der Waals surface area (Å²) >= 11 is 1.39. The Bertz CT molecular complexity index is 1320. The molecular weight excluding hydrogens is 472 g/mol. The summed E-state index contributed by atoms with van der Waals surface area (Å²) < 4.78 is 24.6. The number of rotatable bonds is 9. The number of thiazole rings is 1. The third kappa shape index (κ3) is 6.01. The number of benzene rings is 2. The average molecular weight is 501 g/mol. The molecular formula is C25H28N2O5S2. The maximum absolute atomic E-state index is 12.4. The molecule has 0 aliphatic heterocycles. The van der Waals surface area contributed by atoms with Gasteiger partial charge in [0, 0.05) is 12.7 Å². The number of sulfone groups is 1. The van der Waals surface area contributed by atoms with Gasteiger partial charge in [-0.15, -0.1) is 0 Å². The van der Waals surface area contributed by atoms with Crippen LogP contribution in [0.3, 0.4) is 0 Å². The second-order valence-electron chi connectivity index (χ2n) is 9.01. The zero-order valence-corrected chi connectivity index (χ0v) is 20.6. The highest BCUT2D eigenvalue weighted by Crippen LogP contribution is 2.34. The summed E-state index contributed by atoms with van der Waals surface area (Å²) in [5.74, 6) is -0.501. The van der Waals surface area contributed by atoms with Gasteiger partial charge in [-0.3, -0.25) is 9.59 Å². The fraction of sp³-hybridized carbons (Fsp3) is 0.400. The van der Waals surface area contributed by atoms with Crippen LogP contribution in [0.4, 0.5) is 5.13 Å². The van der Waals surface area contributed by atoms with Crippen LogP contribution in [-0.2, 0) is 19.4 Å². The fourth-order valence-electron chi connectivity index (χ4n) is 4.53. The van der Waals surface area contributed by atoms with Crippen LogP contribution in [0.15, 0.2) is 47.4 Å². The van der Waals surface area contributed by atoms with E-state index in [1.54, 1.807) is 18.2 Å². The van der Waals surface area contributed by atoms with Crippen molar-refractivity contribution in [3.63, 3.8) is 0 Å². The quantitative estimate of drug-likeness (QED) is 0.382. The minimum Gasteiger partial charge on any atom is -0.481 e. The number of carboxylic acid groups (broad SMARTS) is 1. The summed E-state index contributed by atoms with van der Waals surface area (Å²) in [5, 5.41) is 12.5. The molecule has 0 spiro atoms. The Morgan fingerprint density at radius 3 is 2.65 bits per heavy atom. The Balaban J connectivity index is 1.32. The SMILES string of the molecule is CS(=O)(=O)c1cccc(-c2ccc3nc(NC(=O)CCCCC4CCC(C(=O)O)C4)sc3c2)c1. The Morgan fingerprint density at radius 2 is 1.91 bits per heavy atom. The van der Waals surface area contributed by atoms with Crippen LogP contribution < -0.4 is 5.32 Å². The monoisotopic (exact) mass is 500 g/mol. The van der Waals surface area contributed by atoms with E-state index in [0.717, 1.165) is 59.9 Å². The maximum atomic E-state index is 12.4. The van der Waals surface area contributed by atoms with Gasteiger partial charge in [0.25, 0.3) is 0 Å². The standard InChI is InChI=1S/C25H28N2O5S2/c1-34(31,32)20-7-4-6-17(14-20)18-11-12-21-22(15-18)33-25(26-21)27-23(28)8-3-2-5-16-9-10-19(13-16)24(29)30/h4,6-7,11-12,14-16,19H,2-3,5,8-10,13H2,1H3,(H,29,30)(H,26,27,28). The van der Waals surface area contributed by atoms with E-state index < -0.39 is 15.8 Å². The highest BCUT2D eigenvalue weighted by molar-refractivity contribution is 7.90. The highest BCUT2D eigenvalue weighted by atomic mass is 32.2. The molecule has 7 nitrogen and oxygen atoms in total. The zero-order chi connectivity index (χ0) is 24.3. The predicted octanol–water partition coefficient (Wildman–Crippen LogP) is 5.37. The molecule has 0 radical (unpaired) electrons. The van der Waals surface area contributed by atoms with E-state index in [0.29, 0.717) is 17.5 Å². The summed E-state index contributed by atoms with van der Waals surface area (Å²) in [7, 11) is -3.29. The van der Waals surface area contributed by atoms with Gasteiger partial charge in [0.2, 0.25) is 5.91 Å². The van der Waals surface area contributed by atoms with Crippen molar-refractivity contribution in [2.45, 2.75) is 49.8 Å². The first-order valence-electron chi connectivity index (χ1n) is 11.4. The lowest BCUT2D eigenvalue weighted by Crippen LogP contribution is -2.11. The van der Waals surface area contributed by atoms with Crippen molar-refractivity contribution in [1.82, 2.24) is 4.98 Å². The van der Waals surface area contributed by atoms with Gasteiger partial charge in [0.1, 0.15) is 0 Å². The van der Waals surface area contributed by atoms with Crippen molar-refractivity contribution in [1.29, 1.82) is 0 Å². The highest BCUT2D eigenvalue weighted by Gasteiger charge is 2.29.